The number of carbonyl (C=O) groups is 1. The highest BCUT2D eigenvalue weighted by Gasteiger charge is 2.43. The molecule has 1 aliphatic rings. The largest absolute Gasteiger partial charge is 0.390 e. The lowest BCUT2D eigenvalue weighted by Crippen LogP contribution is -2.55. The Morgan fingerprint density at radius 2 is 2.08 bits per heavy atom. The van der Waals surface area contributed by atoms with E-state index in [1.54, 1.807) is 24.2 Å². The molecule has 190 valence electrons. The average molecular weight is 494 g/mol. The van der Waals surface area contributed by atoms with Gasteiger partial charge in [-0.15, -0.1) is 0 Å². The highest BCUT2D eigenvalue weighted by Crippen LogP contribution is 2.33. The summed E-state index contributed by atoms with van der Waals surface area (Å²) in [6.07, 6.45) is 2.71. The minimum atomic E-state index is -1.54. The molecule has 3 atom stereocenters. The van der Waals surface area contributed by atoms with E-state index in [4.69, 9.17) is 0 Å². The van der Waals surface area contributed by atoms with Crippen molar-refractivity contribution in [1.82, 2.24) is 19.4 Å². The molecular formula is C26H31N5O5. The fourth-order valence-electron chi connectivity index (χ4n) is 4.63. The summed E-state index contributed by atoms with van der Waals surface area (Å²) in [6.45, 7) is 2.35. The number of aliphatic hydroxyl groups excluding tert-OH is 1. The number of nitrogens with zero attached hydrogens (tertiary/aromatic N) is 3. The summed E-state index contributed by atoms with van der Waals surface area (Å²) in [5.41, 5.74) is 0.572. The van der Waals surface area contributed by atoms with Crippen molar-refractivity contribution in [2.45, 2.75) is 57.0 Å². The van der Waals surface area contributed by atoms with Gasteiger partial charge in [-0.05, 0) is 62.1 Å². The van der Waals surface area contributed by atoms with Crippen molar-refractivity contribution in [2.24, 2.45) is 0 Å². The van der Waals surface area contributed by atoms with E-state index >= 15 is 0 Å². The molecule has 4 rings (SSSR count). The van der Waals surface area contributed by atoms with Crippen LogP contribution in [0.5, 0.6) is 0 Å². The third kappa shape index (κ3) is 5.55. The summed E-state index contributed by atoms with van der Waals surface area (Å²) in [4.78, 5) is 44.5. The fraction of sp³-hybridized carbons (Fsp3) is 0.385. The van der Waals surface area contributed by atoms with Crippen LogP contribution in [-0.2, 0) is 13.1 Å². The van der Waals surface area contributed by atoms with E-state index in [1.807, 2.05) is 37.3 Å². The lowest BCUT2D eigenvalue weighted by Gasteiger charge is -2.43. The van der Waals surface area contributed by atoms with E-state index in [0.29, 0.717) is 18.5 Å². The normalized spacial score (nSPS) is 21.7. The summed E-state index contributed by atoms with van der Waals surface area (Å²) in [7, 11) is 1.69. The molecule has 10 heteroatoms. The molecule has 4 N–H and O–H groups in total. The summed E-state index contributed by atoms with van der Waals surface area (Å²) >= 11 is 0. The summed E-state index contributed by atoms with van der Waals surface area (Å²) in [6, 6.07) is 12.1. The van der Waals surface area contributed by atoms with Crippen LogP contribution in [0, 0.1) is 6.92 Å². The highest BCUT2D eigenvalue weighted by atomic mass is 16.3. The number of pyridine rings is 1. The van der Waals surface area contributed by atoms with Crippen molar-refractivity contribution in [3.8, 4) is 0 Å². The molecule has 0 aliphatic heterocycles. The number of anilines is 1. The SMILES string of the molecule is Cc1cc(C(=O)N(C)[C@H]2CC[C@@](O)(Cn3ccc(=O)[nH]c3=O)[C@H](O)C2)ccc1NCc1ccccn1. The fourth-order valence-corrected chi connectivity index (χ4v) is 4.63. The maximum atomic E-state index is 13.2. The number of aromatic amines is 1. The monoisotopic (exact) mass is 493 g/mol. The van der Waals surface area contributed by atoms with Crippen molar-refractivity contribution < 1.29 is 15.0 Å². The Bertz CT molecular complexity index is 1340. The Morgan fingerprint density at radius 3 is 2.75 bits per heavy atom. The van der Waals surface area contributed by atoms with E-state index in [0.717, 1.165) is 16.9 Å². The van der Waals surface area contributed by atoms with Gasteiger partial charge in [0.2, 0.25) is 0 Å². The van der Waals surface area contributed by atoms with Crippen LogP contribution in [0.25, 0.3) is 0 Å². The van der Waals surface area contributed by atoms with Crippen LogP contribution in [0.1, 0.15) is 40.9 Å². The van der Waals surface area contributed by atoms with Gasteiger partial charge in [-0.2, -0.15) is 0 Å². The van der Waals surface area contributed by atoms with Crippen molar-refractivity contribution in [1.29, 1.82) is 0 Å². The van der Waals surface area contributed by atoms with Crippen LogP contribution >= 0.6 is 0 Å². The van der Waals surface area contributed by atoms with Gasteiger partial charge in [0.25, 0.3) is 11.5 Å². The zero-order chi connectivity index (χ0) is 25.9. The number of benzene rings is 1. The van der Waals surface area contributed by atoms with Gasteiger partial charge in [0.15, 0.2) is 0 Å². The number of rotatable bonds is 7. The number of aryl methyl sites for hydroxylation is 1. The van der Waals surface area contributed by atoms with Crippen LogP contribution < -0.4 is 16.6 Å². The first-order chi connectivity index (χ1) is 17.2. The van der Waals surface area contributed by atoms with Crippen LogP contribution in [-0.4, -0.2) is 60.3 Å². The first-order valence-corrected chi connectivity index (χ1v) is 11.9. The van der Waals surface area contributed by atoms with Crippen LogP contribution in [0.4, 0.5) is 5.69 Å². The lowest BCUT2D eigenvalue weighted by atomic mass is 9.79. The average Bonchev–Trinajstić information content (AvgIpc) is 2.86. The minimum absolute atomic E-state index is 0.152. The van der Waals surface area contributed by atoms with Crippen molar-refractivity contribution in [3.63, 3.8) is 0 Å². The highest BCUT2D eigenvalue weighted by molar-refractivity contribution is 5.95. The molecule has 2 aromatic heterocycles. The molecule has 36 heavy (non-hydrogen) atoms. The van der Waals surface area contributed by atoms with Gasteiger partial charge in [-0.3, -0.25) is 24.1 Å². The molecule has 10 nitrogen and oxygen atoms in total. The standard InChI is InChI=1S/C26H31N5O5/c1-17-13-18(6-7-21(17)28-15-19-5-3-4-11-27-19)24(34)30(2)20-8-10-26(36,22(32)14-20)16-31-12-9-23(33)29-25(31)35/h3-7,9,11-13,20,22,28,32,36H,8,10,14-16H2,1-2H3,(H,29,33,35)/t20-,22+,26+/m0/s1. The smallest absolute Gasteiger partial charge is 0.328 e. The number of H-pyrrole nitrogens is 1. The first-order valence-electron chi connectivity index (χ1n) is 11.9. The zero-order valence-electron chi connectivity index (χ0n) is 20.3. The molecule has 1 fully saturated rings. The number of hydrogen-bond donors (Lipinski definition) is 4. The number of carbonyl (C=O) groups excluding carboxylic acids is 1. The molecule has 2 heterocycles. The minimum Gasteiger partial charge on any atom is -0.390 e. The molecule has 0 unspecified atom stereocenters. The molecular weight excluding hydrogens is 462 g/mol. The molecule has 0 saturated heterocycles. The van der Waals surface area contributed by atoms with Crippen LogP contribution in [0.3, 0.4) is 0 Å². The number of aliphatic hydroxyl groups is 2. The Labute approximate surface area is 208 Å². The molecule has 1 aliphatic carbocycles. The Hall–Kier alpha value is -3.76. The molecule has 1 saturated carbocycles. The summed E-state index contributed by atoms with van der Waals surface area (Å²) in [5, 5.41) is 25.1. The van der Waals surface area contributed by atoms with Gasteiger partial charge >= 0.3 is 5.69 Å². The van der Waals surface area contributed by atoms with E-state index in [2.05, 4.69) is 15.3 Å². The number of hydrogen-bond acceptors (Lipinski definition) is 7. The van der Waals surface area contributed by atoms with Gasteiger partial charge in [0.1, 0.15) is 5.60 Å². The maximum Gasteiger partial charge on any atom is 0.328 e. The van der Waals surface area contributed by atoms with Gasteiger partial charge in [0, 0.05) is 42.8 Å². The quantitative estimate of drug-likeness (QED) is 0.388. The molecule has 1 amide bonds. The molecule has 3 aromatic rings. The lowest BCUT2D eigenvalue weighted by molar-refractivity contribution is -0.122. The molecule has 0 radical (unpaired) electrons. The Kier molecular flexibility index (Phi) is 7.37. The van der Waals surface area contributed by atoms with Crippen LogP contribution in [0.15, 0.2) is 64.4 Å². The van der Waals surface area contributed by atoms with Gasteiger partial charge in [-0.1, -0.05) is 6.07 Å². The summed E-state index contributed by atoms with van der Waals surface area (Å²) in [5.74, 6) is -0.172. The van der Waals surface area contributed by atoms with Gasteiger partial charge < -0.3 is 20.4 Å². The van der Waals surface area contributed by atoms with Crippen molar-refractivity contribution in [3.05, 3.63) is 92.5 Å². The third-order valence-electron chi connectivity index (χ3n) is 6.89. The van der Waals surface area contributed by atoms with Gasteiger partial charge in [-0.25, -0.2) is 4.79 Å². The Morgan fingerprint density at radius 1 is 1.28 bits per heavy atom. The molecule has 1 aromatic carbocycles. The second kappa shape index (κ2) is 10.5. The van der Waals surface area contributed by atoms with Gasteiger partial charge in [0.05, 0.1) is 24.9 Å². The van der Waals surface area contributed by atoms with Crippen LogP contribution in [0.2, 0.25) is 0 Å². The maximum absolute atomic E-state index is 13.2. The van der Waals surface area contributed by atoms with E-state index < -0.39 is 23.0 Å². The van der Waals surface area contributed by atoms with Crippen molar-refractivity contribution >= 4 is 11.6 Å². The first kappa shape index (κ1) is 25.3. The van der Waals surface area contributed by atoms with E-state index in [1.165, 1.54) is 16.8 Å². The number of amides is 1. The van der Waals surface area contributed by atoms with Crippen molar-refractivity contribution in [2.75, 3.05) is 12.4 Å². The second-order valence-corrected chi connectivity index (χ2v) is 9.41. The zero-order valence-corrected chi connectivity index (χ0v) is 20.3. The third-order valence-corrected chi connectivity index (χ3v) is 6.89. The predicted molar refractivity (Wildman–Crippen MR) is 135 cm³/mol. The number of aromatic nitrogens is 3. The molecule has 0 spiro atoms. The topological polar surface area (TPSA) is 141 Å². The van der Waals surface area contributed by atoms with E-state index in [-0.39, 0.29) is 31.3 Å². The summed E-state index contributed by atoms with van der Waals surface area (Å²) < 4.78 is 1.17. The predicted octanol–water partition coefficient (Wildman–Crippen LogP) is 1.27. The second-order valence-electron chi connectivity index (χ2n) is 9.41. The molecule has 0 bridgehead atoms. The number of nitrogens with one attached hydrogen (secondary N) is 2. The van der Waals surface area contributed by atoms with E-state index in [9.17, 15) is 24.6 Å². The Balaban J connectivity index is 1.39.